The summed E-state index contributed by atoms with van der Waals surface area (Å²) in [5.74, 6) is 1.74. The molecule has 0 aliphatic carbocycles. The summed E-state index contributed by atoms with van der Waals surface area (Å²) in [5, 5.41) is 3.45. The number of rotatable bonds is 9. The van der Waals surface area contributed by atoms with Gasteiger partial charge in [0.25, 0.3) is 0 Å². The van der Waals surface area contributed by atoms with Crippen molar-refractivity contribution in [2.24, 2.45) is 5.92 Å². The Hall–Kier alpha value is -1.06. The van der Waals surface area contributed by atoms with Gasteiger partial charge < -0.3 is 9.73 Å². The third kappa shape index (κ3) is 5.07. The molecule has 1 aromatic rings. The molecule has 0 spiro atoms. The second kappa shape index (κ2) is 8.11. The van der Waals surface area contributed by atoms with Crippen molar-refractivity contribution in [1.82, 2.24) is 10.2 Å². The topological polar surface area (TPSA) is 28.4 Å². The minimum atomic E-state index is 0.674. The Balaban J connectivity index is 2.50. The van der Waals surface area contributed by atoms with Crippen LogP contribution in [0.1, 0.15) is 32.1 Å². The minimum Gasteiger partial charge on any atom is -0.468 e. The van der Waals surface area contributed by atoms with Gasteiger partial charge in [0.05, 0.1) is 12.8 Å². The minimum absolute atomic E-state index is 0.674. The maximum Gasteiger partial charge on any atom is 0.122 e. The molecule has 1 heterocycles. The highest BCUT2D eigenvalue weighted by Gasteiger charge is 2.10. The molecule has 0 saturated carbocycles. The average Bonchev–Trinajstić information content (AvgIpc) is 2.75. The summed E-state index contributed by atoms with van der Waals surface area (Å²) in [5.41, 5.74) is 1.26. The van der Waals surface area contributed by atoms with Crippen LogP contribution in [0.3, 0.4) is 0 Å². The van der Waals surface area contributed by atoms with Crippen molar-refractivity contribution in [3.63, 3.8) is 0 Å². The fraction of sp³-hybridized carbons (Fsp3) is 0.600. The van der Waals surface area contributed by atoms with E-state index in [9.17, 15) is 0 Å². The fourth-order valence-electron chi connectivity index (χ4n) is 1.85. The normalized spacial score (nSPS) is 11.4. The highest BCUT2D eigenvalue weighted by Crippen LogP contribution is 2.13. The van der Waals surface area contributed by atoms with Crippen LogP contribution < -0.4 is 5.32 Å². The summed E-state index contributed by atoms with van der Waals surface area (Å²) in [6.07, 6.45) is 3.71. The second-order valence-corrected chi connectivity index (χ2v) is 5.01. The Morgan fingerprint density at radius 3 is 2.89 bits per heavy atom. The zero-order valence-corrected chi connectivity index (χ0v) is 11.9. The molecular weight excluding hydrogens is 224 g/mol. The Morgan fingerprint density at radius 2 is 2.28 bits per heavy atom. The molecule has 18 heavy (non-hydrogen) atoms. The number of nitrogens with one attached hydrogen (secondary N) is 1. The van der Waals surface area contributed by atoms with Crippen LogP contribution in [0.15, 0.2) is 29.4 Å². The Labute approximate surface area is 111 Å². The van der Waals surface area contributed by atoms with Crippen molar-refractivity contribution < 1.29 is 4.42 Å². The number of hydrogen-bond acceptors (Lipinski definition) is 3. The van der Waals surface area contributed by atoms with E-state index < -0.39 is 0 Å². The van der Waals surface area contributed by atoms with Gasteiger partial charge in [-0.05, 0) is 25.1 Å². The highest BCUT2D eigenvalue weighted by molar-refractivity contribution is 5.16. The van der Waals surface area contributed by atoms with E-state index in [-0.39, 0.29) is 0 Å². The monoisotopic (exact) mass is 250 g/mol. The van der Waals surface area contributed by atoms with E-state index in [1.54, 1.807) is 6.26 Å². The largest absolute Gasteiger partial charge is 0.468 e. The maximum atomic E-state index is 5.58. The molecular formula is C15H26N2O. The van der Waals surface area contributed by atoms with Gasteiger partial charge in [-0.1, -0.05) is 26.8 Å². The van der Waals surface area contributed by atoms with E-state index >= 15 is 0 Å². The first-order valence-corrected chi connectivity index (χ1v) is 6.76. The first-order valence-electron chi connectivity index (χ1n) is 6.76. The molecule has 0 unspecified atom stereocenters. The van der Waals surface area contributed by atoms with Gasteiger partial charge >= 0.3 is 0 Å². The van der Waals surface area contributed by atoms with Crippen molar-refractivity contribution >= 4 is 0 Å². The quantitative estimate of drug-likeness (QED) is 0.683. The molecule has 0 aliphatic rings. The van der Waals surface area contributed by atoms with Gasteiger partial charge in [0.15, 0.2) is 0 Å². The Kier molecular flexibility index (Phi) is 6.76. The predicted molar refractivity (Wildman–Crippen MR) is 76.4 cm³/mol. The van der Waals surface area contributed by atoms with Crippen LogP contribution in [-0.2, 0) is 13.1 Å². The van der Waals surface area contributed by atoms with Gasteiger partial charge in [-0.3, -0.25) is 4.90 Å². The molecule has 0 amide bonds. The van der Waals surface area contributed by atoms with Gasteiger partial charge in [-0.2, -0.15) is 0 Å². The molecule has 0 bridgehead atoms. The number of nitrogens with zero attached hydrogens (tertiary/aromatic N) is 1. The summed E-state index contributed by atoms with van der Waals surface area (Å²) in [7, 11) is 0. The van der Waals surface area contributed by atoms with Gasteiger partial charge in [-0.15, -0.1) is 6.58 Å². The van der Waals surface area contributed by atoms with Crippen molar-refractivity contribution in [2.45, 2.75) is 33.9 Å². The van der Waals surface area contributed by atoms with Crippen LogP contribution in [0.4, 0.5) is 0 Å². The third-order valence-corrected chi connectivity index (χ3v) is 2.91. The second-order valence-electron chi connectivity index (χ2n) is 5.01. The van der Waals surface area contributed by atoms with Crippen molar-refractivity contribution in [3.05, 3.63) is 36.3 Å². The number of hydrogen-bond donors (Lipinski definition) is 1. The molecule has 0 aromatic carbocycles. The number of furan rings is 1. The van der Waals surface area contributed by atoms with E-state index in [0.29, 0.717) is 5.92 Å². The molecule has 1 rings (SSSR count). The summed E-state index contributed by atoms with van der Waals surface area (Å²) < 4.78 is 5.58. The summed E-state index contributed by atoms with van der Waals surface area (Å²) in [4.78, 5) is 2.30. The lowest BCUT2D eigenvalue weighted by Gasteiger charge is -2.17. The van der Waals surface area contributed by atoms with Gasteiger partial charge in [0.1, 0.15) is 5.76 Å². The molecule has 3 nitrogen and oxygen atoms in total. The lowest BCUT2D eigenvalue weighted by Crippen LogP contribution is -2.24. The van der Waals surface area contributed by atoms with Crippen LogP contribution in [0.5, 0.6) is 0 Å². The SMILES string of the molecule is C=CCN(CC)Cc1occc1CNCC(C)C. The van der Waals surface area contributed by atoms with Crippen LogP contribution in [0, 0.1) is 5.92 Å². The van der Waals surface area contributed by atoms with Crippen LogP contribution in [0.2, 0.25) is 0 Å². The molecule has 0 aliphatic heterocycles. The average molecular weight is 250 g/mol. The molecule has 0 atom stereocenters. The lowest BCUT2D eigenvalue weighted by molar-refractivity contribution is 0.279. The first kappa shape index (κ1) is 15.0. The van der Waals surface area contributed by atoms with Crippen molar-refractivity contribution in [1.29, 1.82) is 0 Å². The lowest BCUT2D eigenvalue weighted by atomic mass is 10.2. The Morgan fingerprint density at radius 1 is 1.50 bits per heavy atom. The molecule has 3 heteroatoms. The highest BCUT2D eigenvalue weighted by atomic mass is 16.3. The maximum absolute atomic E-state index is 5.58. The molecule has 1 N–H and O–H groups in total. The third-order valence-electron chi connectivity index (χ3n) is 2.91. The Bertz CT molecular complexity index is 344. The van der Waals surface area contributed by atoms with E-state index in [1.807, 2.05) is 6.08 Å². The van der Waals surface area contributed by atoms with E-state index in [0.717, 1.165) is 38.5 Å². The summed E-state index contributed by atoms with van der Waals surface area (Å²) in [6.45, 7) is 15.1. The van der Waals surface area contributed by atoms with Crippen LogP contribution >= 0.6 is 0 Å². The van der Waals surface area contributed by atoms with Gasteiger partial charge in [0, 0.05) is 18.7 Å². The smallest absolute Gasteiger partial charge is 0.122 e. The van der Waals surface area contributed by atoms with Crippen LogP contribution in [-0.4, -0.2) is 24.5 Å². The van der Waals surface area contributed by atoms with E-state index in [1.165, 1.54) is 5.56 Å². The van der Waals surface area contributed by atoms with Crippen molar-refractivity contribution in [3.8, 4) is 0 Å². The molecule has 0 fully saturated rings. The number of likely N-dealkylation sites (N-methyl/N-ethyl adjacent to an activating group) is 1. The standard InChI is InChI=1S/C15H26N2O/c1-5-8-17(6-2)12-15-14(7-9-18-15)11-16-10-13(3)4/h5,7,9,13,16H,1,6,8,10-12H2,2-4H3. The van der Waals surface area contributed by atoms with Gasteiger partial charge in [-0.25, -0.2) is 0 Å². The molecule has 1 aromatic heterocycles. The summed E-state index contributed by atoms with van der Waals surface area (Å²) >= 11 is 0. The van der Waals surface area contributed by atoms with Gasteiger partial charge in [0.2, 0.25) is 0 Å². The van der Waals surface area contributed by atoms with Crippen molar-refractivity contribution in [2.75, 3.05) is 19.6 Å². The zero-order valence-electron chi connectivity index (χ0n) is 11.9. The fourth-order valence-corrected chi connectivity index (χ4v) is 1.85. The van der Waals surface area contributed by atoms with E-state index in [4.69, 9.17) is 4.42 Å². The molecule has 0 radical (unpaired) electrons. The van der Waals surface area contributed by atoms with E-state index in [2.05, 4.69) is 43.6 Å². The zero-order chi connectivity index (χ0) is 13.4. The molecule has 102 valence electrons. The molecule has 0 saturated heterocycles. The first-order chi connectivity index (χ1) is 8.67. The predicted octanol–water partition coefficient (Wildman–Crippen LogP) is 3.03. The van der Waals surface area contributed by atoms with Crippen LogP contribution in [0.25, 0.3) is 0 Å². The summed E-state index contributed by atoms with van der Waals surface area (Å²) in [6, 6.07) is 2.06.